The second-order valence-electron chi connectivity index (χ2n) is 4.60. The van der Waals surface area contributed by atoms with Crippen molar-refractivity contribution in [2.45, 2.75) is 64.8 Å². The van der Waals surface area contributed by atoms with E-state index in [0.29, 0.717) is 0 Å². The van der Waals surface area contributed by atoms with Crippen molar-refractivity contribution >= 4 is 0 Å². The molecule has 1 aliphatic rings. The third kappa shape index (κ3) is 4.66. The Balaban J connectivity index is 1.97. The van der Waals surface area contributed by atoms with Crippen LogP contribution in [0, 0.1) is 5.92 Å². The summed E-state index contributed by atoms with van der Waals surface area (Å²) >= 11 is 0. The Labute approximate surface area is 83.3 Å². The Bertz CT molecular complexity index is 116. The predicted molar refractivity (Wildman–Crippen MR) is 58.9 cm³/mol. The van der Waals surface area contributed by atoms with Crippen LogP contribution in [-0.2, 0) is 0 Å². The Morgan fingerprint density at radius 1 is 1.31 bits per heavy atom. The average molecular weight is 183 g/mol. The van der Waals surface area contributed by atoms with Crippen molar-refractivity contribution < 1.29 is 0 Å². The summed E-state index contributed by atoms with van der Waals surface area (Å²) in [5.74, 6) is 0.990. The van der Waals surface area contributed by atoms with Gasteiger partial charge in [-0.3, -0.25) is 0 Å². The molecule has 1 N–H and O–H groups in total. The van der Waals surface area contributed by atoms with Gasteiger partial charge < -0.3 is 5.32 Å². The highest BCUT2D eigenvalue weighted by Gasteiger charge is 2.14. The molecule has 0 aromatic heterocycles. The average Bonchev–Trinajstić information content (AvgIpc) is 2.64. The van der Waals surface area contributed by atoms with E-state index in [2.05, 4.69) is 19.2 Å². The quantitative estimate of drug-likeness (QED) is 0.666. The standard InChI is InChI=1S/C12H25N/c1-3-4-7-11(2)13-10-12-8-5-6-9-12/h11-13H,3-10H2,1-2H3. The number of hydrogen-bond donors (Lipinski definition) is 1. The number of nitrogens with one attached hydrogen (secondary N) is 1. The van der Waals surface area contributed by atoms with Crippen LogP contribution in [0.2, 0.25) is 0 Å². The lowest BCUT2D eigenvalue weighted by molar-refractivity contribution is 0.424. The second-order valence-corrected chi connectivity index (χ2v) is 4.60. The summed E-state index contributed by atoms with van der Waals surface area (Å²) in [6, 6.07) is 0.737. The summed E-state index contributed by atoms with van der Waals surface area (Å²) in [5, 5.41) is 3.66. The van der Waals surface area contributed by atoms with Crippen molar-refractivity contribution in [3.8, 4) is 0 Å². The Morgan fingerprint density at radius 2 is 2.00 bits per heavy atom. The molecular weight excluding hydrogens is 158 g/mol. The molecule has 78 valence electrons. The van der Waals surface area contributed by atoms with E-state index in [-0.39, 0.29) is 0 Å². The normalized spacial score (nSPS) is 20.8. The number of rotatable bonds is 6. The molecule has 1 saturated carbocycles. The molecule has 1 atom stereocenters. The topological polar surface area (TPSA) is 12.0 Å². The summed E-state index contributed by atoms with van der Waals surface area (Å²) in [6.07, 6.45) is 9.92. The molecule has 13 heavy (non-hydrogen) atoms. The van der Waals surface area contributed by atoms with Crippen LogP contribution in [0.4, 0.5) is 0 Å². The minimum Gasteiger partial charge on any atom is -0.314 e. The minimum atomic E-state index is 0.737. The van der Waals surface area contributed by atoms with E-state index in [4.69, 9.17) is 0 Å². The maximum Gasteiger partial charge on any atom is 0.00388 e. The van der Waals surface area contributed by atoms with Gasteiger partial charge in [0.2, 0.25) is 0 Å². The summed E-state index contributed by atoms with van der Waals surface area (Å²) < 4.78 is 0. The fourth-order valence-corrected chi connectivity index (χ4v) is 2.19. The van der Waals surface area contributed by atoms with E-state index >= 15 is 0 Å². The van der Waals surface area contributed by atoms with Gasteiger partial charge in [0, 0.05) is 6.04 Å². The van der Waals surface area contributed by atoms with E-state index in [1.165, 1.54) is 51.5 Å². The van der Waals surface area contributed by atoms with Gasteiger partial charge in [0.15, 0.2) is 0 Å². The molecule has 1 nitrogen and oxygen atoms in total. The molecular formula is C12H25N. The van der Waals surface area contributed by atoms with Crippen LogP contribution in [0.15, 0.2) is 0 Å². The first-order chi connectivity index (χ1) is 6.33. The predicted octanol–water partition coefficient (Wildman–Crippen LogP) is 3.34. The van der Waals surface area contributed by atoms with Crippen molar-refractivity contribution in [2.24, 2.45) is 5.92 Å². The zero-order valence-corrected chi connectivity index (χ0v) is 9.31. The molecule has 0 aromatic rings. The molecule has 1 heteroatoms. The van der Waals surface area contributed by atoms with Gasteiger partial charge >= 0.3 is 0 Å². The molecule has 0 bridgehead atoms. The van der Waals surface area contributed by atoms with Crippen LogP contribution in [0.25, 0.3) is 0 Å². The maximum absolute atomic E-state index is 3.66. The van der Waals surface area contributed by atoms with Crippen LogP contribution >= 0.6 is 0 Å². The van der Waals surface area contributed by atoms with Gasteiger partial charge in [0.1, 0.15) is 0 Å². The van der Waals surface area contributed by atoms with Crippen LogP contribution in [0.3, 0.4) is 0 Å². The molecule has 0 radical (unpaired) electrons. The van der Waals surface area contributed by atoms with Crippen molar-refractivity contribution in [2.75, 3.05) is 6.54 Å². The second kappa shape index (κ2) is 6.42. The third-order valence-electron chi connectivity index (χ3n) is 3.22. The fraction of sp³-hybridized carbons (Fsp3) is 1.00. The van der Waals surface area contributed by atoms with E-state index < -0.39 is 0 Å². The van der Waals surface area contributed by atoms with Crippen molar-refractivity contribution in [1.29, 1.82) is 0 Å². The molecule has 1 fully saturated rings. The lowest BCUT2D eigenvalue weighted by Gasteiger charge is -2.16. The molecule has 0 aliphatic heterocycles. The van der Waals surface area contributed by atoms with Crippen molar-refractivity contribution in [1.82, 2.24) is 5.32 Å². The van der Waals surface area contributed by atoms with E-state index in [1.807, 2.05) is 0 Å². The minimum absolute atomic E-state index is 0.737. The maximum atomic E-state index is 3.66. The molecule has 0 spiro atoms. The van der Waals surface area contributed by atoms with Gasteiger partial charge in [-0.15, -0.1) is 0 Å². The van der Waals surface area contributed by atoms with Gasteiger partial charge in [-0.1, -0.05) is 32.6 Å². The first-order valence-corrected chi connectivity index (χ1v) is 6.06. The van der Waals surface area contributed by atoms with Crippen LogP contribution in [-0.4, -0.2) is 12.6 Å². The van der Waals surface area contributed by atoms with Gasteiger partial charge in [-0.05, 0) is 38.6 Å². The van der Waals surface area contributed by atoms with Gasteiger partial charge in [-0.2, -0.15) is 0 Å². The van der Waals surface area contributed by atoms with E-state index in [1.54, 1.807) is 0 Å². The van der Waals surface area contributed by atoms with E-state index in [9.17, 15) is 0 Å². The Kier molecular flexibility index (Phi) is 5.45. The SMILES string of the molecule is CCCCC(C)NCC1CCCC1. The third-order valence-corrected chi connectivity index (χ3v) is 3.22. The first-order valence-electron chi connectivity index (χ1n) is 6.06. The number of hydrogen-bond acceptors (Lipinski definition) is 1. The zero-order chi connectivity index (χ0) is 9.52. The lowest BCUT2D eigenvalue weighted by atomic mass is 10.1. The monoisotopic (exact) mass is 183 g/mol. The zero-order valence-electron chi connectivity index (χ0n) is 9.31. The highest BCUT2D eigenvalue weighted by Crippen LogP contribution is 2.23. The highest BCUT2D eigenvalue weighted by atomic mass is 14.9. The summed E-state index contributed by atoms with van der Waals surface area (Å²) in [6.45, 7) is 5.86. The molecule has 1 unspecified atom stereocenters. The Hall–Kier alpha value is -0.0400. The number of unbranched alkanes of at least 4 members (excludes halogenated alkanes) is 1. The molecule has 1 rings (SSSR count). The van der Waals surface area contributed by atoms with Crippen LogP contribution in [0.1, 0.15) is 58.8 Å². The van der Waals surface area contributed by atoms with Crippen molar-refractivity contribution in [3.05, 3.63) is 0 Å². The highest BCUT2D eigenvalue weighted by molar-refractivity contribution is 4.71. The molecule has 0 aromatic carbocycles. The van der Waals surface area contributed by atoms with Crippen LogP contribution in [0.5, 0.6) is 0 Å². The molecule has 1 aliphatic carbocycles. The first kappa shape index (κ1) is 11.0. The molecule has 0 amide bonds. The summed E-state index contributed by atoms with van der Waals surface area (Å²) in [5.41, 5.74) is 0. The van der Waals surface area contributed by atoms with Crippen LogP contribution < -0.4 is 5.32 Å². The molecule has 0 saturated heterocycles. The summed E-state index contributed by atoms with van der Waals surface area (Å²) in [4.78, 5) is 0. The Morgan fingerprint density at radius 3 is 2.62 bits per heavy atom. The van der Waals surface area contributed by atoms with Crippen molar-refractivity contribution in [3.63, 3.8) is 0 Å². The van der Waals surface area contributed by atoms with E-state index in [0.717, 1.165) is 12.0 Å². The summed E-state index contributed by atoms with van der Waals surface area (Å²) in [7, 11) is 0. The fourth-order valence-electron chi connectivity index (χ4n) is 2.19. The van der Waals surface area contributed by atoms with Gasteiger partial charge in [0.25, 0.3) is 0 Å². The smallest absolute Gasteiger partial charge is 0.00388 e. The van der Waals surface area contributed by atoms with Gasteiger partial charge in [0.05, 0.1) is 0 Å². The lowest BCUT2D eigenvalue weighted by Crippen LogP contribution is -2.30. The molecule has 0 heterocycles. The largest absolute Gasteiger partial charge is 0.314 e. The van der Waals surface area contributed by atoms with Gasteiger partial charge in [-0.25, -0.2) is 0 Å².